The molecular weight excluding hydrogens is 384 g/mol. The highest BCUT2D eigenvalue weighted by molar-refractivity contribution is 9.10. The maximum absolute atomic E-state index is 12.1. The third kappa shape index (κ3) is 4.12. The highest BCUT2D eigenvalue weighted by Gasteiger charge is 2.21. The van der Waals surface area contributed by atoms with Gasteiger partial charge in [-0.2, -0.15) is 0 Å². The zero-order valence-electron chi connectivity index (χ0n) is 13.9. The Morgan fingerprint density at radius 3 is 2.52 bits per heavy atom. The zero-order valence-corrected chi connectivity index (χ0v) is 15.5. The Bertz CT molecular complexity index is 850. The van der Waals surface area contributed by atoms with Crippen LogP contribution in [0.2, 0.25) is 0 Å². The summed E-state index contributed by atoms with van der Waals surface area (Å²) in [6.07, 6.45) is 4.07. The van der Waals surface area contributed by atoms with Crippen molar-refractivity contribution in [1.82, 2.24) is 0 Å². The number of cyclic esters (lactones) is 1. The quantitative estimate of drug-likeness (QED) is 0.691. The molecule has 2 aromatic rings. The Morgan fingerprint density at radius 2 is 1.84 bits per heavy atom. The lowest BCUT2D eigenvalue weighted by molar-refractivity contribution is -0.133. The number of carbonyl (C=O) groups excluding carboxylic acids is 1. The summed E-state index contributed by atoms with van der Waals surface area (Å²) in [6.45, 7) is 0. The second-order valence-corrected chi connectivity index (χ2v) is 6.43. The lowest BCUT2D eigenvalue weighted by Gasteiger charge is -2.07. The molecule has 1 aliphatic heterocycles. The van der Waals surface area contributed by atoms with Crippen LogP contribution in [0.3, 0.4) is 0 Å². The van der Waals surface area contributed by atoms with Crippen LogP contribution in [0.25, 0.3) is 6.08 Å². The van der Waals surface area contributed by atoms with E-state index in [4.69, 9.17) is 14.2 Å². The van der Waals surface area contributed by atoms with Crippen LogP contribution in [-0.2, 0) is 16.0 Å². The number of allylic oxidation sites excluding steroid dienone is 1. The lowest BCUT2D eigenvalue weighted by atomic mass is 10.1. The van der Waals surface area contributed by atoms with Gasteiger partial charge in [0.15, 0.2) is 0 Å². The van der Waals surface area contributed by atoms with Gasteiger partial charge in [0, 0.05) is 22.0 Å². The Morgan fingerprint density at radius 1 is 1.08 bits per heavy atom. The van der Waals surface area contributed by atoms with Crippen molar-refractivity contribution in [2.45, 2.75) is 6.42 Å². The number of carbonyl (C=O) groups is 1. The predicted molar refractivity (Wildman–Crippen MR) is 99.5 cm³/mol. The molecule has 0 spiro atoms. The molecule has 25 heavy (non-hydrogen) atoms. The molecular formula is C20H17BrO4. The topological polar surface area (TPSA) is 44.8 Å². The molecule has 0 amide bonds. The molecule has 0 aromatic heterocycles. The lowest BCUT2D eigenvalue weighted by Crippen LogP contribution is -2.01. The molecule has 0 saturated heterocycles. The summed E-state index contributed by atoms with van der Waals surface area (Å²) in [7, 11) is 3.20. The van der Waals surface area contributed by atoms with Crippen molar-refractivity contribution in [3.63, 3.8) is 0 Å². The van der Waals surface area contributed by atoms with Crippen molar-refractivity contribution in [1.29, 1.82) is 0 Å². The van der Waals surface area contributed by atoms with E-state index in [0.717, 1.165) is 15.6 Å². The second kappa shape index (κ2) is 7.57. The van der Waals surface area contributed by atoms with Crippen molar-refractivity contribution in [2.24, 2.45) is 0 Å². The van der Waals surface area contributed by atoms with Gasteiger partial charge in [-0.3, -0.25) is 0 Å². The van der Waals surface area contributed by atoms with Gasteiger partial charge in [0.2, 0.25) is 0 Å². The third-order valence-electron chi connectivity index (χ3n) is 3.83. The fourth-order valence-electron chi connectivity index (χ4n) is 2.55. The number of methoxy groups -OCH3 is 2. The highest BCUT2D eigenvalue weighted by atomic mass is 79.9. The van der Waals surface area contributed by atoms with Crippen LogP contribution in [0.15, 0.2) is 64.3 Å². The van der Waals surface area contributed by atoms with Crippen molar-refractivity contribution in [3.8, 4) is 11.5 Å². The van der Waals surface area contributed by atoms with Gasteiger partial charge in [-0.15, -0.1) is 0 Å². The first-order valence-electron chi connectivity index (χ1n) is 7.70. The summed E-state index contributed by atoms with van der Waals surface area (Å²) in [5.41, 5.74) is 2.45. The first kappa shape index (κ1) is 17.3. The second-order valence-electron chi connectivity index (χ2n) is 5.52. The van der Waals surface area contributed by atoms with E-state index < -0.39 is 0 Å². The van der Waals surface area contributed by atoms with E-state index in [9.17, 15) is 4.79 Å². The van der Waals surface area contributed by atoms with Crippen LogP contribution in [0, 0.1) is 0 Å². The maximum Gasteiger partial charge on any atom is 0.339 e. The Labute approximate surface area is 154 Å². The number of halogens is 1. The summed E-state index contributed by atoms with van der Waals surface area (Å²) < 4.78 is 17.0. The van der Waals surface area contributed by atoms with E-state index in [1.54, 1.807) is 26.4 Å². The van der Waals surface area contributed by atoms with Crippen molar-refractivity contribution >= 4 is 28.0 Å². The zero-order chi connectivity index (χ0) is 17.8. The van der Waals surface area contributed by atoms with E-state index in [1.165, 1.54) is 0 Å². The number of hydrogen-bond donors (Lipinski definition) is 0. The Balaban J connectivity index is 1.86. The van der Waals surface area contributed by atoms with Crippen LogP contribution in [0.1, 0.15) is 11.1 Å². The molecule has 0 radical (unpaired) electrons. The van der Waals surface area contributed by atoms with Gasteiger partial charge in [-0.1, -0.05) is 28.1 Å². The van der Waals surface area contributed by atoms with E-state index in [-0.39, 0.29) is 5.97 Å². The van der Waals surface area contributed by atoms with Gasteiger partial charge < -0.3 is 14.2 Å². The average molecular weight is 401 g/mol. The standard InChI is InChI=1S/C20H17BrO4/c1-23-17-7-8-19(24-2)14(10-17)11-18-12-15(20(22)25-18)9-13-3-5-16(21)6-4-13/h3-8,10-12H,9H2,1-2H3/b18-11-. The molecule has 0 fully saturated rings. The number of esters is 1. The number of hydrogen-bond acceptors (Lipinski definition) is 4. The molecule has 2 aromatic carbocycles. The van der Waals surface area contributed by atoms with Crippen LogP contribution < -0.4 is 9.47 Å². The summed E-state index contributed by atoms with van der Waals surface area (Å²) in [5.74, 6) is 1.55. The monoisotopic (exact) mass is 400 g/mol. The molecule has 0 aliphatic carbocycles. The molecule has 0 N–H and O–H groups in total. The predicted octanol–water partition coefficient (Wildman–Crippen LogP) is 4.53. The molecule has 128 valence electrons. The third-order valence-corrected chi connectivity index (χ3v) is 4.36. The van der Waals surface area contributed by atoms with E-state index >= 15 is 0 Å². The summed E-state index contributed by atoms with van der Waals surface area (Å²) >= 11 is 3.40. The minimum atomic E-state index is -0.323. The van der Waals surface area contributed by atoms with E-state index in [2.05, 4.69) is 15.9 Å². The number of ether oxygens (including phenoxy) is 3. The van der Waals surface area contributed by atoms with Gasteiger partial charge in [-0.25, -0.2) is 4.79 Å². The number of rotatable bonds is 5. The first-order chi connectivity index (χ1) is 12.1. The molecule has 4 nitrogen and oxygen atoms in total. The largest absolute Gasteiger partial charge is 0.497 e. The maximum atomic E-state index is 12.1. The van der Waals surface area contributed by atoms with Gasteiger partial charge in [0.25, 0.3) is 0 Å². The molecule has 1 heterocycles. The summed E-state index contributed by atoms with van der Waals surface area (Å²) in [6, 6.07) is 13.3. The van der Waals surface area contributed by atoms with Gasteiger partial charge in [0.05, 0.1) is 14.2 Å². The van der Waals surface area contributed by atoms with E-state index in [1.807, 2.05) is 42.5 Å². The highest BCUT2D eigenvalue weighted by Crippen LogP contribution is 2.29. The smallest absolute Gasteiger partial charge is 0.339 e. The van der Waals surface area contributed by atoms with Gasteiger partial charge in [0.1, 0.15) is 17.3 Å². The Hall–Kier alpha value is -2.53. The van der Waals surface area contributed by atoms with Crippen LogP contribution in [0.4, 0.5) is 0 Å². The normalized spacial score (nSPS) is 15.1. The molecule has 5 heteroatoms. The fraction of sp³-hybridized carbons (Fsp3) is 0.150. The number of benzene rings is 2. The minimum absolute atomic E-state index is 0.323. The van der Waals surface area contributed by atoms with E-state index in [0.29, 0.717) is 29.3 Å². The Kier molecular flexibility index (Phi) is 5.24. The summed E-state index contributed by atoms with van der Waals surface area (Å²) in [4.78, 5) is 12.1. The van der Waals surface area contributed by atoms with Crippen LogP contribution in [0.5, 0.6) is 11.5 Å². The van der Waals surface area contributed by atoms with Crippen molar-refractivity contribution in [3.05, 3.63) is 75.5 Å². The minimum Gasteiger partial charge on any atom is -0.497 e. The first-order valence-corrected chi connectivity index (χ1v) is 8.49. The molecule has 0 atom stereocenters. The van der Waals surface area contributed by atoms with Gasteiger partial charge >= 0.3 is 5.97 Å². The van der Waals surface area contributed by atoms with Crippen molar-refractivity contribution < 1.29 is 19.0 Å². The summed E-state index contributed by atoms with van der Waals surface area (Å²) in [5, 5.41) is 0. The molecule has 1 aliphatic rings. The molecule has 0 saturated carbocycles. The molecule has 3 rings (SSSR count). The fourth-order valence-corrected chi connectivity index (χ4v) is 2.82. The average Bonchev–Trinajstić information content (AvgIpc) is 2.96. The van der Waals surface area contributed by atoms with Crippen LogP contribution >= 0.6 is 15.9 Å². The molecule has 0 unspecified atom stereocenters. The van der Waals surface area contributed by atoms with Crippen LogP contribution in [-0.4, -0.2) is 20.2 Å². The van der Waals surface area contributed by atoms with Crippen molar-refractivity contribution in [2.75, 3.05) is 14.2 Å². The molecule has 0 bridgehead atoms. The van der Waals surface area contributed by atoms with Gasteiger partial charge in [-0.05, 0) is 48.0 Å². The SMILES string of the molecule is COc1ccc(OC)c(/C=C2/C=C(Cc3ccc(Br)cc3)C(=O)O2)c1.